The Kier molecular flexibility index (Phi) is 5.32. The maximum Gasteiger partial charge on any atom is 0.261 e. The highest BCUT2D eigenvalue weighted by Gasteiger charge is 2.40. The standard InChI is InChI=1S/C22H19F3N2O3/c23-16-9-10-17(19(25)18(16)24)26-20(28)13-6-2-1-5-12(13)11-27-21(29)14-7-3-4-8-15(14)22(27)30/h3-4,7-10,12-13H,1-2,5-6,11H2,(H,26,28). The molecule has 30 heavy (non-hydrogen) atoms. The number of carbonyl (C=O) groups is 3. The van der Waals surface area contributed by atoms with Crippen molar-refractivity contribution in [3.8, 4) is 0 Å². The summed E-state index contributed by atoms with van der Waals surface area (Å²) in [6.45, 7) is 0.0741. The fourth-order valence-electron chi connectivity index (χ4n) is 4.26. The maximum atomic E-state index is 13.9. The fourth-order valence-corrected chi connectivity index (χ4v) is 4.26. The first kappa shape index (κ1) is 20.1. The number of amides is 3. The van der Waals surface area contributed by atoms with Gasteiger partial charge in [-0.3, -0.25) is 19.3 Å². The molecule has 3 amide bonds. The summed E-state index contributed by atoms with van der Waals surface area (Å²) in [5.74, 6) is -6.69. The van der Waals surface area contributed by atoms with Crippen molar-refractivity contribution < 1.29 is 27.6 Å². The minimum absolute atomic E-state index is 0.0741. The lowest BCUT2D eigenvalue weighted by Crippen LogP contribution is -2.41. The molecule has 1 saturated carbocycles. The van der Waals surface area contributed by atoms with Gasteiger partial charge in [-0.15, -0.1) is 0 Å². The molecule has 1 aliphatic heterocycles. The predicted molar refractivity (Wildman–Crippen MR) is 102 cm³/mol. The Balaban J connectivity index is 1.51. The van der Waals surface area contributed by atoms with Gasteiger partial charge in [-0.2, -0.15) is 0 Å². The third-order valence-electron chi connectivity index (χ3n) is 5.83. The van der Waals surface area contributed by atoms with Crippen LogP contribution in [0.25, 0.3) is 0 Å². The van der Waals surface area contributed by atoms with Gasteiger partial charge in [0.1, 0.15) is 0 Å². The SMILES string of the molecule is O=C(Nc1ccc(F)c(F)c1F)C1CCCCC1CN1C(=O)c2ccccc2C1=O. The van der Waals surface area contributed by atoms with Gasteiger partial charge in [-0.05, 0) is 43.0 Å². The van der Waals surface area contributed by atoms with Crippen LogP contribution >= 0.6 is 0 Å². The summed E-state index contributed by atoms with van der Waals surface area (Å²) in [6, 6.07) is 8.25. The van der Waals surface area contributed by atoms with Crippen LogP contribution in [0.3, 0.4) is 0 Å². The monoisotopic (exact) mass is 416 g/mol. The lowest BCUT2D eigenvalue weighted by atomic mass is 9.78. The van der Waals surface area contributed by atoms with E-state index >= 15 is 0 Å². The second-order valence-corrected chi connectivity index (χ2v) is 7.63. The molecule has 1 aliphatic carbocycles. The van der Waals surface area contributed by atoms with E-state index in [4.69, 9.17) is 0 Å². The summed E-state index contributed by atoms with van der Waals surface area (Å²) in [6.07, 6.45) is 2.70. The average Bonchev–Trinajstić information content (AvgIpc) is 2.99. The Morgan fingerprint density at radius 3 is 2.23 bits per heavy atom. The van der Waals surface area contributed by atoms with Crippen molar-refractivity contribution in [1.82, 2.24) is 4.90 Å². The van der Waals surface area contributed by atoms with Gasteiger partial charge in [0.05, 0.1) is 16.8 Å². The van der Waals surface area contributed by atoms with E-state index in [0.717, 1.165) is 29.9 Å². The molecule has 0 saturated heterocycles. The van der Waals surface area contributed by atoms with Crippen molar-refractivity contribution in [3.05, 3.63) is 65.0 Å². The van der Waals surface area contributed by atoms with Crippen LogP contribution in [0.5, 0.6) is 0 Å². The van der Waals surface area contributed by atoms with Crippen LogP contribution in [0.4, 0.5) is 18.9 Å². The number of halogens is 3. The Morgan fingerprint density at radius 2 is 1.57 bits per heavy atom. The van der Waals surface area contributed by atoms with E-state index in [9.17, 15) is 27.6 Å². The Hall–Kier alpha value is -3.16. The molecular formula is C22H19F3N2O3. The minimum Gasteiger partial charge on any atom is -0.323 e. The Bertz CT molecular complexity index is 1010. The molecule has 156 valence electrons. The van der Waals surface area contributed by atoms with Gasteiger partial charge in [0.15, 0.2) is 17.5 Å². The van der Waals surface area contributed by atoms with Crippen molar-refractivity contribution >= 4 is 23.4 Å². The molecule has 2 aromatic carbocycles. The van der Waals surface area contributed by atoms with Crippen LogP contribution in [0.2, 0.25) is 0 Å². The molecule has 1 N–H and O–H groups in total. The number of fused-ring (bicyclic) bond motifs is 1. The molecule has 2 aliphatic rings. The maximum absolute atomic E-state index is 13.9. The molecule has 2 aromatic rings. The molecule has 5 nitrogen and oxygen atoms in total. The third-order valence-corrected chi connectivity index (χ3v) is 5.83. The molecule has 2 atom stereocenters. The fraction of sp³-hybridized carbons (Fsp3) is 0.318. The Morgan fingerprint density at radius 1 is 0.933 bits per heavy atom. The molecule has 0 radical (unpaired) electrons. The number of imide groups is 1. The summed E-state index contributed by atoms with van der Waals surface area (Å²) in [5.41, 5.74) is 0.232. The van der Waals surface area contributed by atoms with Crippen molar-refractivity contribution in [2.24, 2.45) is 11.8 Å². The number of nitrogens with zero attached hydrogens (tertiary/aromatic N) is 1. The molecule has 8 heteroatoms. The average molecular weight is 416 g/mol. The summed E-state index contributed by atoms with van der Waals surface area (Å²) >= 11 is 0. The third kappa shape index (κ3) is 3.46. The zero-order valence-corrected chi connectivity index (χ0v) is 16.0. The lowest BCUT2D eigenvalue weighted by Gasteiger charge is -2.32. The summed E-state index contributed by atoms with van der Waals surface area (Å²) in [5, 5.41) is 2.33. The van der Waals surface area contributed by atoms with Gasteiger partial charge < -0.3 is 5.32 Å². The second-order valence-electron chi connectivity index (χ2n) is 7.63. The minimum atomic E-state index is -1.65. The van der Waals surface area contributed by atoms with Gasteiger partial charge in [-0.1, -0.05) is 25.0 Å². The first-order valence-electron chi connectivity index (χ1n) is 9.78. The molecule has 4 rings (SSSR count). The van der Waals surface area contributed by atoms with Crippen LogP contribution in [0.1, 0.15) is 46.4 Å². The van der Waals surface area contributed by atoms with Crippen LogP contribution < -0.4 is 5.32 Å². The molecule has 0 spiro atoms. The second kappa shape index (κ2) is 7.93. The highest BCUT2D eigenvalue weighted by atomic mass is 19.2. The van der Waals surface area contributed by atoms with E-state index in [1.807, 2.05) is 0 Å². The van der Waals surface area contributed by atoms with E-state index in [0.29, 0.717) is 24.0 Å². The van der Waals surface area contributed by atoms with Gasteiger partial charge in [0.2, 0.25) is 5.91 Å². The molecule has 0 aromatic heterocycles. The van der Waals surface area contributed by atoms with Gasteiger partial charge in [-0.25, -0.2) is 13.2 Å². The van der Waals surface area contributed by atoms with E-state index in [1.54, 1.807) is 24.3 Å². The molecule has 1 heterocycles. The molecular weight excluding hydrogens is 397 g/mol. The van der Waals surface area contributed by atoms with Crippen molar-refractivity contribution in [3.63, 3.8) is 0 Å². The number of hydrogen-bond acceptors (Lipinski definition) is 3. The van der Waals surface area contributed by atoms with Crippen LogP contribution in [0.15, 0.2) is 36.4 Å². The van der Waals surface area contributed by atoms with Crippen molar-refractivity contribution in [2.75, 3.05) is 11.9 Å². The van der Waals surface area contributed by atoms with E-state index in [1.165, 1.54) is 0 Å². The number of rotatable bonds is 4. The number of benzene rings is 2. The van der Waals surface area contributed by atoms with Crippen LogP contribution in [-0.2, 0) is 4.79 Å². The van der Waals surface area contributed by atoms with Gasteiger partial charge in [0.25, 0.3) is 11.8 Å². The van der Waals surface area contributed by atoms with E-state index < -0.39 is 46.8 Å². The van der Waals surface area contributed by atoms with Crippen molar-refractivity contribution in [2.45, 2.75) is 25.7 Å². The van der Waals surface area contributed by atoms with Gasteiger partial charge in [0, 0.05) is 12.5 Å². The normalized spacial score (nSPS) is 21.0. The van der Waals surface area contributed by atoms with Crippen LogP contribution in [-0.4, -0.2) is 29.2 Å². The lowest BCUT2D eigenvalue weighted by molar-refractivity contribution is -0.122. The molecule has 1 fully saturated rings. The first-order chi connectivity index (χ1) is 14.4. The summed E-state index contributed by atoms with van der Waals surface area (Å²) < 4.78 is 40.5. The number of carbonyl (C=O) groups excluding carboxylic acids is 3. The first-order valence-corrected chi connectivity index (χ1v) is 9.78. The highest BCUT2D eigenvalue weighted by Crippen LogP contribution is 2.34. The predicted octanol–water partition coefficient (Wildman–Crippen LogP) is 4.15. The largest absolute Gasteiger partial charge is 0.323 e. The molecule has 2 unspecified atom stereocenters. The number of hydrogen-bond donors (Lipinski definition) is 1. The van der Waals surface area contributed by atoms with Crippen molar-refractivity contribution in [1.29, 1.82) is 0 Å². The molecule has 0 bridgehead atoms. The zero-order valence-electron chi connectivity index (χ0n) is 16.0. The van der Waals surface area contributed by atoms with E-state index in [-0.39, 0.29) is 12.5 Å². The summed E-state index contributed by atoms with van der Waals surface area (Å²) in [7, 11) is 0. The number of anilines is 1. The Labute approximate surface area is 170 Å². The van der Waals surface area contributed by atoms with Crippen LogP contribution in [0, 0.1) is 29.3 Å². The topological polar surface area (TPSA) is 66.5 Å². The van der Waals surface area contributed by atoms with Gasteiger partial charge >= 0.3 is 0 Å². The highest BCUT2D eigenvalue weighted by molar-refractivity contribution is 6.21. The summed E-state index contributed by atoms with van der Waals surface area (Å²) in [4.78, 5) is 39.2. The smallest absolute Gasteiger partial charge is 0.261 e. The quantitative estimate of drug-likeness (QED) is 0.602. The number of nitrogens with one attached hydrogen (secondary N) is 1. The zero-order chi connectivity index (χ0) is 21.4. The van der Waals surface area contributed by atoms with E-state index in [2.05, 4.69) is 5.32 Å².